The zero-order chi connectivity index (χ0) is 17.0. The number of morpholine rings is 1. The van der Waals surface area contributed by atoms with Crippen molar-refractivity contribution in [2.45, 2.75) is 72.0 Å². The van der Waals surface area contributed by atoms with Crippen LogP contribution in [0.25, 0.3) is 0 Å². The van der Waals surface area contributed by atoms with Gasteiger partial charge in [0.15, 0.2) is 0 Å². The van der Waals surface area contributed by atoms with Crippen LogP contribution in [0.3, 0.4) is 0 Å². The van der Waals surface area contributed by atoms with Crippen LogP contribution in [-0.2, 0) is 16.6 Å². The van der Waals surface area contributed by atoms with E-state index in [-0.39, 0.29) is 17.8 Å². The van der Waals surface area contributed by atoms with E-state index in [0.29, 0.717) is 18.1 Å². The van der Waals surface area contributed by atoms with Gasteiger partial charge in [-0.1, -0.05) is 52.0 Å². The van der Waals surface area contributed by atoms with Gasteiger partial charge in [-0.05, 0) is 49.1 Å². The summed E-state index contributed by atoms with van der Waals surface area (Å²) in [6.45, 7) is 17.0. The molecule has 3 heteroatoms. The first-order chi connectivity index (χ1) is 10.8. The molecule has 3 atom stereocenters. The van der Waals surface area contributed by atoms with E-state index >= 15 is 0 Å². The summed E-state index contributed by atoms with van der Waals surface area (Å²) in [6.07, 6.45) is 3.06. The van der Waals surface area contributed by atoms with Gasteiger partial charge in [0.2, 0.25) is 0 Å². The molecule has 0 aromatic heterocycles. The van der Waals surface area contributed by atoms with Crippen molar-refractivity contribution in [3.8, 4) is 0 Å². The maximum atomic E-state index is 5.84. The van der Waals surface area contributed by atoms with Crippen molar-refractivity contribution in [3.05, 3.63) is 35.4 Å². The predicted molar refractivity (Wildman–Crippen MR) is 106 cm³/mol. The maximum absolute atomic E-state index is 5.84. The minimum absolute atomic E-state index is 0. The molecule has 0 amide bonds. The Morgan fingerprint density at radius 3 is 2.42 bits per heavy atom. The van der Waals surface area contributed by atoms with Crippen LogP contribution in [-0.4, -0.2) is 36.7 Å². The van der Waals surface area contributed by atoms with Crippen LogP contribution in [0.2, 0.25) is 0 Å². The summed E-state index contributed by atoms with van der Waals surface area (Å²) in [4.78, 5) is 2.57. The Hall–Kier alpha value is -0.570. The number of hydrogen-bond acceptors (Lipinski definition) is 2. The third kappa shape index (κ3) is 6.06. The Balaban J connectivity index is 0.00000288. The Labute approximate surface area is 155 Å². The predicted octanol–water partition coefficient (Wildman–Crippen LogP) is 5.08. The summed E-state index contributed by atoms with van der Waals surface area (Å²) >= 11 is 0. The SMILES string of the molecule is CCC(C)(C)c1cccc(CC(C)CN2C[C@@H](C)O[C@@H](C)C2)c1.Cl. The fourth-order valence-corrected chi connectivity index (χ4v) is 3.66. The number of halogens is 1. The standard InChI is InChI=1S/C21H35NO.ClH/c1-7-21(5,6)20-10-8-9-19(12-20)11-16(2)13-22-14-17(3)23-18(4)15-22;/h8-10,12,16-18H,7,11,13-15H2,1-6H3;1H/t16?,17-,18+;. The summed E-state index contributed by atoms with van der Waals surface area (Å²) in [7, 11) is 0. The van der Waals surface area contributed by atoms with Crippen molar-refractivity contribution in [1.82, 2.24) is 4.90 Å². The molecule has 2 rings (SSSR count). The molecule has 138 valence electrons. The maximum Gasteiger partial charge on any atom is 0.0678 e. The average molecular weight is 354 g/mol. The minimum Gasteiger partial charge on any atom is -0.373 e. The van der Waals surface area contributed by atoms with Crippen LogP contribution >= 0.6 is 12.4 Å². The molecule has 1 aliphatic rings. The highest BCUT2D eigenvalue weighted by Crippen LogP contribution is 2.27. The molecule has 0 bridgehead atoms. The number of hydrogen-bond donors (Lipinski definition) is 0. The van der Waals surface area contributed by atoms with Crippen molar-refractivity contribution >= 4 is 12.4 Å². The van der Waals surface area contributed by atoms with E-state index in [1.807, 2.05) is 0 Å². The lowest BCUT2D eigenvalue weighted by Crippen LogP contribution is -2.47. The van der Waals surface area contributed by atoms with E-state index in [0.717, 1.165) is 19.5 Å². The summed E-state index contributed by atoms with van der Waals surface area (Å²) in [5.41, 5.74) is 3.22. The summed E-state index contributed by atoms with van der Waals surface area (Å²) < 4.78 is 5.84. The summed E-state index contributed by atoms with van der Waals surface area (Å²) in [5, 5.41) is 0. The highest BCUT2D eigenvalue weighted by atomic mass is 35.5. The Bertz CT molecular complexity index is 492. The highest BCUT2D eigenvalue weighted by Gasteiger charge is 2.23. The molecular formula is C21H36ClNO. The number of rotatable bonds is 6. The lowest BCUT2D eigenvalue weighted by molar-refractivity contribution is -0.0708. The van der Waals surface area contributed by atoms with Gasteiger partial charge in [0.25, 0.3) is 0 Å². The van der Waals surface area contributed by atoms with Crippen LogP contribution in [0, 0.1) is 5.92 Å². The Kier molecular flexibility index (Phi) is 8.25. The fourth-order valence-electron chi connectivity index (χ4n) is 3.66. The van der Waals surface area contributed by atoms with Gasteiger partial charge >= 0.3 is 0 Å². The van der Waals surface area contributed by atoms with Crippen LogP contribution in [0.4, 0.5) is 0 Å². The molecule has 24 heavy (non-hydrogen) atoms. The van der Waals surface area contributed by atoms with E-state index in [9.17, 15) is 0 Å². The van der Waals surface area contributed by atoms with Gasteiger partial charge in [-0.2, -0.15) is 0 Å². The second kappa shape index (κ2) is 9.22. The quantitative estimate of drug-likeness (QED) is 0.706. The van der Waals surface area contributed by atoms with E-state index in [2.05, 4.69) is 70.7 Å². The van der Waals surface area contributed by atoms with Crippen molar-refractivity contribution in [2.75, 3.05) is 19.6 Å². The van der Waals surface area contributed by atoms with Gasteiger partial charge in [0, 0.05) is 19.6 Å². The molecular weight excluding hydrogens is 318 g/mol. The van der Waals surface area contributed by atoms with E-state index in [4.69, 9.17) is 4.74 Å². The monoisotopic (exact) mass is 353 g/mol. The number of ether oxygens (including phenoxy) is 1. The van der Waals surface area contributed by atoms with Crippen LogP contribution in [0.15, 0.2) is 24.3 Å². The summed E-state index contributed by atoms with van der Waals surface area (Å²) in [6, 6.07) is 9.22. The van der Waals surface area contributed by atoms with Crippen LogP contribution < -0.4 is 0 Å². The van der Waals surface area contributed by atoms with Crippen molar-refractivity contribution in [3.63, 3.8) is 0 Å². The van der Waals surface area contributed by atoms with Crippen molar-refractivity contribution in [2.24, 2.45) is 5.92 Å². The second-order valence-corrected chi connectivity index (χ2v) is 8.22. The van der Waals surface area contributed by atoms with E-state index in [1.165, 1.54) is 24.1 Å². The van der Waals surface area contributed by atoms with Crippen LogP contribution in [0.5, 0.6) is 0 Å². The first-order valence-electron chi connectivity index (χ1n) is 9.27. The van der Waals surface area contributed by atoms with Gasteiger partial charge in [-0.25, -0.2) is 0 Å². The van der Waals surface area contributed by atoms with Gasteiger partial charge < -0.3 is 4.74 Å². The second-order valence-electron chi connectivity index (χ2n) is 8.22. The minimum atomic E-state index is 0. The molecule has 1 aromatic carbocycles. The van der Waals surface area contributed by atoms with Gasteiger partial charge in [0.1, 0.15) is 0 Å². The zero-order valence-electron chi connectivity index (χ0n) is 16.3. The third-order valence-electron chi connectivity index (χ3n) is 5.24. The highest BCUT2D eigenvalue weighted by molar-refractivity contribution is 5.85. The Morgan fingerprint density at radius 2 is 1.83 bits per heavy atom. The van der Waals surface area contributed by atoms with Gasteiger partial charge in [-0.3, -0.25) is 4.90 Å². The molecule has 0 aliphatic carbocycles. The molecule has 0 N–H and O–H groups in total. The van der Waals surface area contributed by atoms with E-state index in [1.54, 1.807) is 0 Å². The molecule has 0 spiro atoms. The summed E-state index contributed by atoms with van der Waals surface area (Å²) in [5.74, 6) is 0.674. The van der Waals surface area contributed by atoms with Crippen molar-refractivity contribution in [1.29, 1.82) is 0 Å². The van der Waals surface area contributed by atoms with Gasteiger partial charge in [-0.15, -0.1) is 12.4 Å². The topological polar surface area (TPSA) is 12.5 Å². The molecule has 1 unspecified atom stereocenters. The third-order valence-corrected chi connectivity index (χ3v) is 5.24. The first-order valence-corrected chi connectivity index (χ1v) is 9.27. The Morgan fingerprint density at radius 1 is 1.21 bits per heavy atom. The normalized spacial score (nSPS) is 23.6. The molecule has 0 radical (unpaired) electrons. The van der Waals surface area contributed by atoms with Crippen LogP contribution in [0.1, 0.15) is 59.1 Å². The average Bonchev–Trinajstić information content (AvgIpc) is 2.46. The lowest BCUT2D eigenvalue weighted by Gasteiger charge is -2.36. The zero-order valence-corrected chi connectivity index (χ0v) is 17.2. The molecule has 0 saturated carbocycles. The molecule has 1 saturated heterocycles. The van der Waals surface area contributed by atoms with Gasteiger partial charge in [0.05, 0.1) is 12.2 Å². The molecule has 2 nitrogen and oxygen atoms in total. The largest absolute Gasteiger partial charge is 0.373 e. The number of nitrogens with zero attached hydrogens (tertiary/aromatic N) is 1. The molecule has 1 fully saturated rings. The molecule has 1 aromatic rings. The smallest absolute Gasteiger partial charge is 0.0678 e. The first kappa shape index (κ1) is 21.5. The van der Waals surface area contributed by atoms with E-state index < -0.39 is 0 Å². The molecule has 1 aliphatic heterocycles. The number of benzene rings is 1. The lowest BCUT2D eigenvalue weighted by atomic mass is 9.81. The fraction of sp³-hybridized carbons (Fsp3) is 0.714. The molecule has 1 heterocycles. The van der Waals surface area contributed by atoms with Crippen molar-refractivity contribution < 1.29 is 4.74 Å².